The van der Waals surface area contributed by atoms with Gasteiger partial charge in [-0.3, -0.25) is 4.79 Å². The van der Waals surface area contributed by atoms with Gasteiger partial charge in [-0.2, -0.15) is 15.6 Å². The highest BCUT2D eigenvalue weighted by Crippen LogP contribution is 2.46. The zero-order chi connectivity index (χ0) is 27.4. The molecule has 1 aromatic carbocycles. The molecule has 5 rings (SSSR count). The van der Waals surface area contributed by atoms with Gasteiger partial charge in [0.2, 0.25) is 5.91 Å². The van der Waals surface area contributed by atoms with Crippen molar-refractivity contribution in [3.05, 3.63) is 41.5 Å². The smallest absolute Gasteiger partial charge is 0.265 e. The molecule has 9 nitrogen and oxygen atoms in total. The fourth-order valence-electron chi connectivity index (χ4n) is 5.19. The van der Waals surface area contributed by atoms with Gasteiger partial charge >= 0.3 is 0 Å². The van der Waals surface area contributed by atoms with Crippen LogP contribution in [0.15, 0.2) is 24.7 Å². The molecule has 1 amide bonds. The second-order valence-electron chi connectivity index (χ2n) is 10.5. The van der Waals surface area contributed by atoms with Crippen molar-refractivity contribution in [2.24, 2.45) is 5.41 Å². The molecule has 2 fully saturated rings. The van der Waals surface area contributed by atoms with Crippen molar-refractivity contribution < 1.29 is 13.6 Å². The number of nitriles is 2. The number of carbonyl (C=O) groups is 1. The number of rotatable bonds is 5. The Kier molecular flexibility index (Phi) is 6.26. The minimum Gasteiger partial charge on any atom is -0.349 e. The molecule has 0 radical (unpaired) electrons. The number of aromatic nitrogens is 4. The predicted molar refractivity (Wildman–Crippen MR) is 136 cm³/mol. The second-order valence-corrected chi connectivity index (χ2v) is 10.5. The first kappa shape index (κ1) is 25.5. The van der Waals surface area contributed by atoms with Gasteiger partial charge in [-0.05, 0) is 58.1 Å². The van der Waals surface area contributed by atoms with Gasteiger partial charge in [-0.1, -0.05) is 6.07 Å². The maximum absolute atomic E-state index is 13.7. The molecule has 3 atom stereocenters. The van der Waals surface area contributed by atoms with Crippen LogP contribution in [-0.4, -0.2) is 62.2 Å². The van der Waals surface area contributed by atoms with Crippen LogP contribution >= 0.6 is 0 Å². The van der Waals surface area contributed by atoms with E-state index in [0.717, 1.165) is 42.0 Å². The van der Waals surface area contributed by atoms with Crippen LogP contribution in [0.3, 0.4) is 0 Å². The summed E-state index contributed by atoms with van der Waals surface area (Å²) in [6.45, 7) is 7.09. The molecule has 0 N–H and O–H groups in total. The molecule has 0 bridgehead atoms. The first-order valence-electron chi connectivity index (χ1n) is 12.6. The van der Waals surface area contributed by atoms with E-state index in [2.05, 4.69) is 32.1 Å². The Hall–Kier alpha value is -4.12. The largest absolute Gasteiger partial charge is 0.349 e. The number of carbonyl (C=O) groups excluding carboxylic acids is 1. The summed E-state index contributed by atoms with van der Waals surface area (Å²) in [5, 5.41) is 24.1. The molecule has 3 heterocycles. The van der Waals surface area contributed by atoms with Crippen molar-refractivity contribution in [2.75, 3.05) is 18.0 Å². The van der Waals surface area contributed by atoms with Gasteiger partial charge in [0, 0.05) is 42.3 Å². The van der Waals surface area contributed by atoms with Crippen LogP contribution in [0.4, 0.5) is 14.6 Å². The third-order valence-electron chi connectivity index (χ3n) is 7.68. The Labute approximate surface area is 219 Å². The zero-order valence-corrected chi connectivity index (χ0v) is 21.7. The SMILES string of the molecule is Cc1cn(-c2ccc(C3CC3)c3c(N4C[C@@H](C)N(C(=O)[C@](C)(C#N)C(F)F)C[C@@H]4C)ncnc23)nc1C#N. The molecule has 0 spiro atoms. The third kappa shape index (κ3) is 4.03. The van der Waals surface area contributed by atoms with Gasteiger partial charge in [-0.25, -0.2) is 23.4 Å². The lowest BCUT2D eigenvalue weighted by Crippen LogP contribution is -2.61. The fourth-order valence-corrected chi connectivity index (χ4v) is 5.19. The molecule has 2 aromatic heterocycles. The molecule has 196 valence electrons. The lowest BCUT2D eigenvalue weighted by atomic mass is 9.89. The van der Waals surface area contributed by atoms with Gasteiger partial charge < -0.3 is 9.80 Å². The van der Waals surface area contributed by atoms with Crippen LogP contribution in [-0.2, 0) is 4.79 Å². The molecular formula is C27H28F2N8O. The van der Waals surface area contributed by atoms with Gasteiger partial charge in [0.25, 0.3) is 6.43 Å². The van der Waals surface area contributed by atoms with Crippen LogP contribution < -0.4 is 4.90 Å². The Morgan fingerprint density at radius 3 is 2.50 bits per heavy atom. The summed E-state index contributed by atoms with van der Waals surface area (Å²) in [7, 11) is 0. The summed E-state index contributed by atoms with van der Waals surface area (Å²) in [4.78, 5) is 25.9. The van der Waals surface area contributed by atoms with Crippen LogP contribution in [0, 0.1) is 35.0 Å². The van der Waals surface area contributed by atoms with Gasteiger partial charge in [0.05, 0.1) is 11.8 Å². The summed E-state index contributed by atoms with van der Waals surface area (Å²) >= 11 is 0. The molecule has 1 aliphatic heterocycles. The summed E-state index contributed by atoms with van der Waals surface area (Å²) < 4.78 is 29.0. The van der Waals surface area contributed by atoms with Crippen LogP contribution in [0.2, 0.25) is 0 Å². The van der Waals surface area contributed by atoms with E-state index in [9.17, 15) is 24.1 Å². The lowest BCUT2D eigenvalue weighted by Gasteiger charge is -2.46. The van der Waals surface area contributed by atoms with E-state index in [-0.39, 0.29) is 12.6 Å². The summed E-state index contributed by atoms with van der Waals surface area (Å²) in [6.07, 6.45) is 2.35. The number of alkyl halides is 2. The molecule has 11 heteroatoms. The first-order chi connectivity index (χ1) is 18.1. The number of anilines is 1. The van der Waals surface area contributed by atoms with Crippen molar-refractivity contribution in [3.8, 4) is 17.8 Å². The van der Waals surface area contributed by atoms with E-state index >= 15 is 0 Å². The zero-order valence-electron chi connectivity index (χ0n) is 21.7. The predicted octanol–water partition coefficient (Wildman–Crippen LogP) is 4.09. The molecule has 38 heavy (non-hydrogen) atoms. The first-order valence-corrected chi connectivity index (χ1v) is 12.6. The normalized spacial score (nSPS) is 21.3. The Balaban J connectivity index is 1.57. The van der Waals surface area contributed by atoms with Crippen LogP contribution in [0.25, 0.3) is 16.6 Å². The van der Waals surface area contributed by atoms with Crippen molar-refractivity contribution in [1.29, 1.82) is 10.5 Å². The molecule has 2 aliphatic rings. The highest BCUT2D eigenvalue weighted by Gasteiger charge is 2.48. The van der Waals surface area contributed by atoms with Gasteiger partial charge in [0.1, 0.15) is 23.7 Å². The van der Waals surface area contributed by atoms with Crippen LogP contribution in [0.1, 0.15) is 56.4 Å². The Morgan fingerprint density at radius 1 is 1.16 bits per heavy atom. The van der Waals surface area contributed by atoms with Crippen molar-refractivity contribution in [2.45, 2.75) is 65.0 Å². The minimum absolute atomic E-state index is 0.178. The Morgan fingerprint density at radius 2 is 1.89 bits per heavy atom. The van der Waals surface area contributed by atoms with Gasteiger partial charge in [-0.15, -0.1) is 0 Å². The number of benzene rings is 1. The number of aryl methyl sites for hydroxylation is 1. The van der Waals surface area contributed by atoms with E-state index < -0.39 is 23.8 Å². The number of hydrogen-bond donors (Lipinski definition) is 0. The average molecular weight is 519 g/mol. The molecule has 1 saturated heterocycles. The molecule has 3 aromatic rings. The summed E-state index contributed by atoms with van der Waals surface area (Å²) in [6, 6.07) is 7.01. The number of hydrogen-bond acceptors (Lipinski definition) is 7. The highest BCUT2D eigenvalue weighted by molar-refractivity contribution is 5.98. The number of nitrogens with zero attached hydrogens (tertiary/aromatic N) is 8. The number of piperazine rings is 1. The van der Waals surface area contributed by atoms with E-state index in [1.165, 1.54) is 17.3 Å². The molecule has 0 unspecified atom stereocenters. The lowest BCUT2D eigenvalue weighted by molar-refractivity contribution is -0.148. The van der Waals surface area contributed by atoms with Crippen molar-refractivity contribution >= 4 is 22.6 Å². The summed E-state index contributed by atoms with van der Waals surface area (Å²) in [5.74, 6) is 0.250. The minimum atomic E-state index is -3.08. The monoisotopic (exact) mass is 518 g/mol. The molecule has 1 aliphatic carbocycles. The average Bonchev–Trinajstić information content (AvgIpc) is 3.69. The third-order valence-corrected chi connectivity index (χ3v) is 7.68. The van der Waals surface area contributed by atoms with Crippen molar-refractivity contribution in [3.63, 3.8) is 0 Å². The van der Waals surface area contributed by atoms with Gasteiger partial charge in [0.15, 0.2) is 11.1 Å². The maximum atomic E-state index is 13.7. The maximum Gasteiger partial charge on any atom is 0.265 e. The van der Waals surface area contributed by atoms with E-state index in [0.29, 0.717) is 29.5 Å². The number of halogens is 2. The molecule has 1 saturated carbocycles. The van der Waals surface area contributed by atoms with Crippen LogP contribution in [0.5, 0.6) is 0 Å². The standard InChI is InChI=1S/C27H28F2N8O/c1-15-10-37(34-20(15)9-30)21-8-7-19(18-5-6-18)22-23(21)32-14-33-24(22)35-11-17(3)36(12-16(35)2)26(38)27(4,13-31)25(28)29/h7-8,10,14,16-18,25H,5-6,11-12H2,1-4H3/t16-,17+,27+/m0/s1. The second kappa shape index (κ2) is 9.32. The van der Waals surface area contributed by atoms with E-state index in [1.54, 1.807) is 17.8 Å². The number of fused-ring (bicyclic) bond motifs is 1. The van der Waals surface area contributed by atoms with E-state index in [4.69, 9.17) is 0 Å². The quantitative estimate of drug-likeness (QED) is 0.500. The topological polar surface area (TPSA) is 115 Å². The van der Waals surface area contributed by atoms with Crippen molar-refractivity contribution in [1.82, 2.24) is 24.6 Å². The fraction of sp³-hybridized carbons (Fsp3) is 0.481. The molecular weight excluding hydrogens is 490 g/mol. The highest BCUT2D eigenvalue weighted by atomic mass is 19.3. The number of amides is 1. The Bertz CT molecular complexity index is 1500. The van der Waals surface area contributed by atoms with E-state index in [1.807, 2.05) is 19.9 Å². The summed E-state index contributed by atoms with van der Waals surface area (Å²) in [5.41, 5.74) is 1.29.